The van der Waals surface area contributed by atoms with E-state index in [0.717, 1.165) is 23.3 Å². The molecule has 1 heterocycles. The molecule has 1 aliphatic heterocycles. The molecule has 2 atom stereocenters. The van der Waals surface area contributed by atoms with E-state index in [1.54, 1.807) is 4.90 Å². The number of aryl methyl sites for hydroxylation is 1. The molecule has 0 aromatic heterocycles. The number of ether oxygens (including phenoxy) is 1. The Morgan fingerprint density at radius 2 is 2.12 bits per heavy atom. The van der Waals surface area contributed by atoms with E-state index in [0.29, 0.717) is 26.1 Å². The first-order valence-corrected chi connectivity index (χ1v) is 8.88. The maximum absolute atomic E-state index is 12.4. The minimum atomic E-state index is -0.831. The lowest BCUT2D eigenvalue weighted by molar-refractivity contribution is -0.143. The molecule has 25 heavy (non-hydrogen) atoms. The molecule has 1 saturated heterocycles. The van der Waals surface area contributed by atoms with E-state index in [4.69, 9.17) is 4.74 Å². The lowest BCUT2D eigenvalue weighted by atomic mass is 9.91. The van der Waals surface area contributed by atoms with Gasteiger partial charge in [-0.3, -0.25) is 4.79 Å². The lowest BCUT2D eigenvalue weighted by Crippen LogP contribution is -2.49. The highest BCUT2D eigenvalue weighted by Gasteiger charge is 2.31. The quantitative estimate of drug-likeness (QED) is 0.828. The van der Waals surface area contributed by atoms with Gasteiger partial charge >= 0.3 is 12.0 Å². The maximum Gasteiger partial charge on any atom is 0.317 e. The number of carbonyl (C=O) groups excluding carboxylic acids is 1. The Hall–Kier alpha value is -2.24. The smallest absolute Gasteiger partial charge is 0.317 e. The number of amides is 2. The molecule has 6 heteroatoms. The van der Waals surface area contributed by atoms with Gasteiger partial charge in [0.05, 0.1) is 12.5 Å². The van der Waals surface area contributed by atoms with Crippen molar-refractivity contribution in [2.75, 3.05) is 19.7 Å². The molecule has 1 aromatic carbocycles. The molecule has 1 aliphatic rings. The van der Waals surface area contributed by atoms with Gasteiger partial charge < -0.3 is 20.1 Å². The number of likely N-dealkylation sites (tertiary alicyclic amines) is 1. The van der Waals surface area contributed by atoms with Crippen LogP contribution in [-0.2, 0) is 11.3 Å². The van der Waals surface area contributed by atoms with Gasteiger partial charge in [0, 0.05) is 19.6 Å². The molecule has 2 rings (SSSR count). The fraction of sp³-hybridized carbons (Fsp3) is 0.579. The van der Waals surface area contributed by atoms with Crippen LogP contribution in [0.1, 0.15) is 37.8 Å². The number of aliphatic carboxylic acids is 1. The van der Waals surface area contributed by atoms with Gasteiger partial charge in [-0.25, -0.2) is 4.79 Å². The Morgan fingerprint density at radius 1 is 1.36 bits per heavy atom. The van der Waals surface area contributed by atoms with Crippen molar-refractivity contribution in [1.82, 2.24) is 10.2 Å². The first-order chi connectivity index (χ1) is 11.9. The van der Waals surface area contributed by atoms with E-state index in [1.807, 2.05) is 32.0 Å². The Labute approximate surface area is 149 Å². The molecule has 1 fully saturated rings. The van der Waals surface area contributed by atoms with E-state index in [-0.39, 0.29) is 18.5 Å². The molecular weight excluding hydrogens is 320 g/mol. The largest absolute Gasteiger partial charge is 0.494 e. The second kappa shape index (κ2) is 8.74. The summed E-state index contributed by atoms with van der Waals surface area (Å²) < 4.78 is 5.61. The molecule has 0 spiro atoms. The van der Waals surface area contributed by atoms with Crippen LogP contribution in [0.3, 0.4) is 0 Å². The van der Waals surface area contributed by atoms with Crippen LogP contribution in [-0.4, -0.2) is 41.7 Å². The van der Waals surface area contributed by atoms with Crippen molar-refractivity contribution in [3.8, 4) is 5.75 Å². The number of urea groups is 1. The van der Waals surface area contributed by atoms with E-state index in [2.05, 4.69) is 12.2 Å². The minimum Gasteiger partial charge on any atom is -0.494 e. The van der Waals surface area contributed by atoms with Gasteiger partial charge in [-0.05, 0) is 48.9 Å². The number of carbonyl (C=O) groups is 2. The summed E-state index contributed by atoms with van der Waals surface area (Å²) in [5.74, 6) is -0.282. The number of carboxylic acids is 1. The van der Waals surface area contributed by atoms with Crippen molar-refractivity contribution in [3.05, 3.63) is 29.3 Å². The van der Waals surface area contributed by atoms with Crippen molar-refractivity contribution >= 4 is 12.0 Å². The van der Waals surface area contributed by atoms with E-state index in [9.17, 15) is 14.7 Å². The highest BCUT2D eigenvalue weighted by atomic mass is 16.5. The van der Waals surface area contributed by atoms with Crippen LogP contribution in [0.15, 0.2) is 18.2 Å². The first kappa shape index (κ1) is 19.1. The molecule has 1 aromatic rings. The fourth-order valence-corrected chi connectivity index (χ4v) is 3.16. The third-order valence-corrected chi connectivity index (χ3v) is 4.51. The molecule has 2 N–H and O–H groups in total. The summed E-state index contributed by atoms with van der Waals surface area (Å²) in [6.07, 6.45) is 1.58. The molecule has 2 unspecified atom stereocenters. The summed E-state index contributed by atoms with van der Waals surface area (Å²) in [6.45, 7) is 8.01. The fourth-order valence-electron chi connectivity index (χ4n) is 3.16. The molecule has 2 amide bonds. The Morgan fingerprint density at radius 3 is 2.76 bits per heavy atom. The van der Waals surface area contributed by atoms with Crippen LogP contribution in [0.25, 0.3) is 0 Å². The predicted molar refractivity (Wildman–Crippen MR) is 95.7 cm³/mol. The summed E-state index contributed by atoms with van der Waals surface area (Å²) in [7, 11) is 0. The molecule has 0 aliphatic carbocycles. The maximum atomic E-state index is 12.4. The van der Waals surface area contributed by atoms with Crippen molar-refractivity contribution in [1.29, 1.82) is 0 Å². The zero-order chi connectivity index (χ0) is 18.4. The summed E-state index contributed by atoms with van der Waals surface area (Å²) in [4.78, 5) is 25.2. The number of hydrogen-bond acceptors (Lipinski definition) is 3. The van der Waals surface area contributed by atoms with Crippen LogP contribution in [0.2, 0.25) is 0 Å². The van der Waals surface area contributed by atoms with Crippen LogP contribution in [0, 0.1) is 18.8 Å². The predicted octanol–water partition coefficient (Wildman–Crippen LogP) is 3.04. The number of benzene rings is 1. The zero-order valence-corrected chi connectivity index (χ0v) is 15.2. The first-order valence-electron chi connectivity index (χ1n) is 8.88. The Bertz CT molecular complexity index is 617. The normalized spacial score (nSPS) is 20.2. The van der Waals surface area contributed by atoms with Gasteiger partial charge in [-0.1, -0.05) is 19.9 Å². The van der Waals surface area contributed by atoms with Gasteiger partial charge in [0.15, 0.2) is 0 Å². The number of hydrogen-bond donors (Lipinski definition) is 2. The second-order valence-corrected chi connectivity index (χ2v) is 6.88. The van der Waals surface area contributed by atoms with Gasteiger partial charge in [-0.2, -0.15) is 0 Å². The number of piperidine rings is 1. The zero-order valence-electron chi connectivity index (χ0n) is 15.2. The molecule has 0 saturated carbocycles. The number of carboxylic acid groups (broad SMARTS) is 1. The summed E-state index contributed by atoms with van der Waals surface area (Å²) >= 11 is 0. The number of rotatable bonds is 6. The van der Waals surface area contributed by atoms with Crippen LogP contribution >= 0.6 is 0 Å². The number of nitrogens with zero attached hydrogens (tertiary/aromatic N) is 1. The van der Waals surface area contributed by atoms with Gasteiger partial charge in [-0.15, -0.1) is 0 Å². The third kappa shape index (κ3) is 5.37. The molecule has 0 bridgehead atoms. The van der Waals surface area contributed by atoms with Crippen LogP contribution in [0.5, 0.6) is 5.75 Å². The minimum absolute atomic E-state index is 0.192. The van der Waals surface area contributed by atoms with Crippen molar-refractivity contribution < 1.29 is 19.4 Å². The van der Waals surface area contributed by atoms with E-state index < -0.39 is 11.9 Å². The highest BCUT2D eigenvalue weighted by molar-refractivity contribution is 5.76. The lowest BCUT2D eigenvalue weighted by Gasteiger charge is -2.34. The second-order valence-electron chi connectivity index (χ2n) is 6.88. The molecular formula is C19H28N2O4. The monoisotopic (exact) mass is 348 g/mol. The third-order valence-electron chi connectivity index (χ3n) is 4.51. The van der Waals surface area contributed by atoms with E-state index >= 15 is 0 Å². The van der Waals surface area contributed by atoms with Crippen LogP contribution < -0.4 is 10.1 Å². The average Bonchev–Trinajstić information content (AvgIpc) is 2.58. The van der Waals surface area contributed by atoms with E-state index in [1.165, 1.54) is 0 Å². The van der Waals surface area contributed by atoms with Crippen molar-refractivity contribution in [2.24, 2.45) is 11.8 Å². The van der Waals surface area contributed by atoms with Crippen LogP contribution in [0.4, 0.5) is 4.79 Å². The molecule has 6 nitrogen and oxygen atoms in total. The summed E-state index contributed by atoms with van der Waals surface area (Å²) in [5, 5.41) is 12.1. The number of nitrogens with one attached hydrogen (secondary N) is 1. The Kier molecular flexibility index (Phi) is 6.67. The summed E-state index contributed by atoms with van der Waals surface area (Å²) in [6, 6.07) is 5.64. The topological polar surface area (TPSA) is 78.9 Å². The summed E-state index contributed by atoms with van der Waals surface area (Å²) in [5.41, 5.74) is 2.08. The standard InChI is InChI=1S/C19H28N2O4/c1-4-7-25-17-6-5-15(14(3)9-17)10-20-19(24)21-11-13(2)8-16(12-21)18(22)23/h5-6,9,13,16H,4,7-8,10-12H2,1-3H3,(H,20,24)(H,22,23). The SMILES string of the molecule is CCCOc1ccc(CNC(=O)N2CC(C)CC(C(=O)O)C2)c(C)c1. The highest BCUT2D eigenvalue weighted by Crippen LogP contribution is 2.22. The van der Waals surface area contributed by atoms with Gasteiger partial charge in [0.25, 0.3) is 0 Å². The van der Waals surface area contributed by atoms with Crippen molar-refractivity contribution in [2.45, 2.75) is 40.2 Å². The van der Waals surface area contributed by atoms with Gasteiger partial charge in [0.1, 0.15) is 5.75 Å². The molecule has 0 radical (unpaired) electrons. The van der Waals surface area contributed by atoms with Crippen molar-refractivity contribution in [3.63, 3.8) is 0 Å². The average molecular weight is 348 g/mol. The molecule has 138 valence electrons. The Balaban J connectivity index is 1.92. The van der Waals surface area contributed by atoms with Gasteiger partial charge in [0.2, 0.25) is 0 Å².